The van der Waals surface area contributed by atoms with Crippen LogP contribution >= 0.6 is 12.2 Å². The lowest BCUT2D eigenvalue weighted by atomic mass is 10.2. The van der Waals surface area contributed by atoms with Crippen LogP contribution in [-0.2, 0) is 0 Å². The van der Waals surface area contributed by atoms with Gasteiger partial charge in [0.15, 0.2) is 5.11 Å². The second kappa shape index (κ2) is 7.42. The smallest absolute Gasteiger partial charge is 0.261 e. The third-order valence-corrected chi connectivity index (χ3v) is 3.13. The Morgan fingerprint density at radius 2 is 1.68 bits per heavy atom. The van der Waals surface area contributed by atoms with Crippen LogP contribution in [0.4, 0.5) is 5.69 Å². The monoisotopic (exact) mass is 316 g/mol. The number of hydrogen-bond donors (Lipinski definition) is 2. The van der Waals surface area contributed by atoms with E-state index in [1.54, 1.807) is 55.6 Å². The Morgan fingerprint density at radius 3 is 2.32 bits per heavy atom. The van der Waals surface area contributed by atoms with Gasteiger partial charge in [0.05, 0.1) is 19.8 Å². The lowest BCUT2D eigenvalue weighted by molar-refractivity contribution is 0.0975. The number of rotatable bonds is 4. The SMILES string of the molecule is COc1ccc(NC(=S)NC(=O)c2ccccc2OC)cc1. The normalized spacial score (nSPS) is 9.73. The van der Waals surface area contributed by atoms with Gasteiger partial charge in [-0.3, -0.25) is 10.1 Å². The van der Waals surface area contributed by atoms with Gasteiger partial charge < -0.3 is 14.8 Å². The molecule has 0 aliphatic heterocycles. The fourth-order valence-electron chi connectivity index (χ4n) is 1.84. The highest BCUT2D eigenvalue weighted by Crippen LogP contribution is 2.17. The van der Waals surface area contributed by atoms with Crippen molar-refractivity contribution in [1.29, 1.82) is 0 Å². The molecule has 0 aromatic heterocycles. The van der Waals surface area contributed by atoms with Crippen LogP contribution in [0.3, 0.4) is 0 Å². The lowest BCUT2D eigenvalue weighted by Crippen LogP contribution is -2.34. The van der Waals surface area contributed by atoms with Crippen LogP contribution in [0.15, 0.2) is 48.5 Å². The summed E-state index contributed by atoms with van der Waals surface area (Å²) in [6, 6.07) is 14.2. The summed E-state index contributed by atoms with van der Waals surface area (Å²) in [6.45, 7) is 0. The van der Waals surface area contributed by atoms with Gasteiger partial charge in [0.2, 0.25) is 0 Å². The summed E-state index contributed by atoms with van der Waals surface area (Å²) < 4.78 is 10.2. The van der Waals surface area contributed by atoms with Crippen molar-refractivity contribution in [3.8, 4) is 11.5 Å². The molecule has 2 rings (SSSR count). The molecule has 0 unspecified atom stereocenters. The molecule has 0 fully saturated rings. The van der Waals surface area contributed by atoms with Crippen LogP contribution in [0.2, 0.25) is 0 Å². The summed E-state index contributed by atoms with van der Waals surface area (Å²) in [5.41, 5.74) is 1.18. The van der Waals surface area contributed by atoms with Crippen molar-refractivity contribution in [3.63, 3.8) is 0 Å². The third-order valence-electron chi connectivity index (χ3n) is 2.93. The van der Waals surface area contributed by atoms with E-state index in [2.05, 4.69) is 10.6 Å². The lowest BCUT2D eigenvalue weighted by Gasteiger charge is -2.11. The first-order valence-corrected chi connectivity index (χ1v) is 6.94. The van der Waals surface area contributed by atoms with Gasteiger partial charge in [-0.25, -0.2) is 0 Å². The maximum absolute atomic E-state index is 12.2. The van der Waals surface area contributed by atoms with Crippen molar-refractivity contribution in [2.24, 2.45) is 0 Å². The van der Waals surface area contributed by atoms with E-state index in [-0.39, 0.29) is 11.0 Å². The molecule has 0 saturated heterocycles. The fourth-order valence-corrected chi connectivity index (χ4v) is 2.05. The number of hydrogen-bond acceptors (Lipinski definition) is 4. The topological polar surface area (TPSA) is 59.6 Å². The standard InChI is InChI=1S/C16H16N2O3S/c1-20-12-9-7-11(8-10-12)17-16(22)18-15(19)13-5-3-4-6-14(13)21-2/h3-10H,1-2H3,(H2,17,18,19,22). The molecule has 5 nitrogen and oxygen atoms in total. The van der Waals surface area contributed by atoms with Crippen molar-refractivity contribution < 1.29 is 14.3 Å². The molecule has 0 aliphatic carbocycles. The number of methoxy groups -OCH3 is 2. The fraction of sp³-hybridized carbons (Fsp3) is 0.125. The summed E-state index contributed by atoms with van der Waals surface area (Å²) in [5, 5.41) is 5.76. The van der Waals surface area contributed by atoms with Gasteiger partial charge in [0.1, 0.15) is 11.5 Å². The first-order chi connectivity index (χ1) is 10.6. The van der Waals surface area contributed by atoms with E-state index >= 15 is 0 Å². The van der Waals surface area contributed by atoms with Crippen molar-refractivity contribution in [3.05, 3.63) is 54.1 Å². The molecule has 6 heteroatoms. The highest BCUT2D eigenvalue weighted by Gasteiger charge is 2.12. The summed E-state index contributed by atoms with van der Waals surface area (Å²) in [7, 11) is 3.11. The molecule has 2 aromatic rings. The Balaban J connectivity index is 2.00. The summed E-state index contributed by atoms with van der Waals surface area (Å²) in [6.07, 6.45) is 0. The number of benzene rings is 2. The van der Waals surface area contributed by atoms with Crippen LogP contribution in [-0.4, -0.2) is 25.2 Å². The third kappa shape index (κ3) is 3.95. The van der Waals surface area contributed by atoms with Crippen LogP contribution in [0.25, 0.3) is 0 Å². The summed E-state index contributed by atoms with van der Waals surface area (Å²) >= 11 is 5.14. The van der Waals surface area contributed by atoms with Gasteiger partial charge in [-0.1, -0.05) is 12.1 Å². The van der Waals surface area contributed by atoms with Crippen LogP contribution in [0, 0.1) is 0 Å². The summed E-state index contributed by atoms with van der Waals surface area (Å²) in [4.78, 5) is 12.2. The van der Waals surface area contributed by atoms with Gasteiger partial charge in [-0.05, 0) is 48.6 Å². The van der Waals surface area contributed by atoms with Crippen LogP contribution in [0.1, 0.15) is 10.4 Å². The zero-order valence-electron chi connectivity index (χ0n) is 12.3. The largest absolute Gasteiger partial charge is 0.497 e. The van der Waals surface area contributed by atoms with E-state index in [4.69, 9.17) is 21.7 Å². The number of ether oxygens (including phenoxy) is 2. The highest BCUT2D eigenvalue weighted by molar-refractivity contribution is 7.80. The van der Waals surface area contributed by atoms with Crippen molar-refractivity contribution in [2.45, 2.75) is 0 Å². The second-order valence-electron chi connectivity index (χ2n) is 4.34. The molecule has 0 bridgehead atoms. The maximum atomic E-state index is 12.2. The zero-order valence-corrected chi connectivity index (χ0v) is 13.1. The predicted molar refractivity (Wildman–Crippen MR) is 89.7 cm³/mol. The molecule has 0 spiro atoms. The van der Waals surface area contributed by atoms with Crippen molar-refractivity contribution >= 4 is 28.9 Å². The van der Waals surface area contributed by atoms with E-state index in [1.165, 1.54) is 7.11 Å². The Labute approximate surface area is 134 Å². The molecule has 0 saturated carbocycles. The molecular formula is C16H16N2O3S. The van der Waals surface area contributed by atoms with E-state index in [0.29, 0.717) is 11.3 Å². The molecular weight excluding hydrogens is 300 g/mol. The van der Waals surface area contributed by atoms with E-state index in [0.717, 1.165) is 11.4 Å². The predicted octanol–water partition coefficient (Wildman–Crippen LogP) is 2.83. The van der Waals surface area contributed by atoms with Crippen molar-refractivity contribution in [2.75, 3.05) is 19.5 Å². The molecule has 114 valence electrons. The number of anilines is 1. The van der Waals surface area contributed by atoms with E-state index < -0.39 is 0 Å². The Kier molecular flexibility index (Phi) is 5.32. The molecule has 0 aliphatic rings. The van der Waals surface area contributed by atoms with Gasteiger partial charge >= 0.3 is 0 Å². The number of carbonyl (C=O) groups is 1. The first-order valence-electron chi connectivity index (χ1n) is 6.53. The number of para-hydroxylation sites is 1. The van der Waals surface area contributed by atoms with Gasteiger partial charge in [0.25, 0.3) is 5.91 Å². The average Bonchev–Trinajstić information content (AvgIpc) is 2.55. The highest BCUT2D eigenvalue weighted by atomic mass is 32.1. The average molecular weight is 316 g/mol. The number of thiocarbonyl (C=S) groups is 1. The van der Waals surface area contributed by atoms with Crippen LogP contribution in [0.5, 0.6) is 11.5 Å². The minimum Gasteiger partial charge on any atom is -0.497 e. The molecule has 2 N–H and O–H groups in total. The Hall–Kier alpha value is -2.60. The minimum atomic E-state index is -0.330. The quantitative estimate of drug-likeness (QED) is 0.850. The second-order valence-corrected chi connectivity index (χ2v) is 4.75. The van der Waals surface area contributed by atoms with Gasteiger partial charge in [-0.15, -0.1) is 0 Å². The minimum absolute atomic E-state index is 0.209. The summed E-state index contributed by atoms with van der Waals surface area (Å²) in [5.74, 6) is 0.908. The van der Waals surface area contributed by atoms with E-state index in [9.17, 15) is 4.79 Å². The van der Waals surface area contributed by atoms with E-state index in [1.807, 2.05) is 0 Å². The number of amides is 1. The van der Waals surface area contributed by atoms with Gasteiger partial charge in [0, 0.05) is 5.69 Å². The zero-order chi connectivity index (χ0) is 15.9. The number of carbonyl (C=O) groups excluding carboxylic acids is 1. The Morgan fingerprint density at radius 1 is 1.00 bits per heavy atom. The molecule has 0 atom stereocenters. The molecule has 0 heterocycles. The first kappa shape index (κ1) is 15.8. The maximum Gasteiger partial charge on any atom is 0.261 e. The molecule has 0 radical (unpaired) electrons. The van der Waals surface area contributed by atoms with Gasteiger partial charge in [-0.2, -0.15) is 0 Å². The molecule has 1 amide bonds. The Bertz CT molecular complexity index is 671. The van der Waals surface area contributed by atoms with Crippen molar-refractivity contribution in [1.82, 2.24) is 5.32 Å². The molecule has 22 heavy (non-hydrogen) atoms. The number of nitrogens with one attached hydrogen (secondary N) is 2. The van der Waals surface area contributed by atoms with Crippen LogP contribution < -0.4 is 20.1 Å². The molecule has 2 aromatic carbocycles.